The normalized spacial score (nSPS) is 18.9. The van der Waals surface area contributed by atoms with Crippen molar-refractivity contribution in [1.29, 1.82) is 0 Å². The molecule has 0 amide bonds. The number of rotatable bonds is 4. The standard InChI is InChI=1S/C9H10F3NO3S2/c10-9(11,12)8(2-3-8)13-18(15,16)7-1-4-17-6(7)5-14/h1,4,13-14H,2-3,5H2. The van der Waals surface area contributed by atoms with Crippen LogP contribution in [0.25, 0.3) is 0 Å². The summed E-state index contributed by atoms with van der Waals surface area (Å²) in [5.41, 5.74) is -2.33. The second kappa shape index (κ2) is 4.19. The van der Waals surface area contributed by atoms with Crippen LogP contribution in [-0.2, 0) is 16.6 Å². The lowest BCUT2D eigenvalue weighted by atomic mass is 10.3. The first-order valence-corrected chi connectivity index (χ1v) is 7.36. The Kier molecular flexibility index (Phi) is 3.21. The third-order valence-corrected chi connectivity index (χ3v) is 5.42. The first-order valence-electron chi connectivity index (χ1n) is 5.00. The van der Waals surface area contributed by atoms with Gasteiger partial charge in [0.2, 0.25) is 10.0 Å². The highest BCUT2D eigenvalue weighted by Crippen LogP contribution is 2.49. The van der Waals surface area contributed by atoms with Crippen molar-refractivity contribution in [2.24, 2.45) is 0 Å². The Hall–Kier alpha value is -0.640. The molecule has 1 heterocycles. The molecule has 1 aliphatic rings. The van der Waals surface area contributed by atoms with Crippen molar-refractivity contribution in [3.63, 3.8) is 0 Å². The summed E-state index contributed by atoms with van der Waals surface area (Å²) in [6.07, 6.45) is -5.11. The summed E-state index contributed by atoms with van der Waals surface area (Å²) in [4.78, 5) is -0.161. The van der Waals surface area contributed by atoms with E-state index in [1.165, 1.54) is 11.4 Å². The number of aliphatic hydroxyl groups is 1. The van der Waals surface area contributed by atoms with Crippen LogP contribution in [0.5, 0.6) is 0 Å². The molecular weight excluding hydrogens is 291 g/mol. The number of thiophene rings is 1. The minimum Gasteiger partial charge on any atom is -0.391 e. The summed E-state index contributed by atoms with van der Waals surface area (Å²) in [7, 11) is -4.26. The Morgan fingerprint density at radius 3 is 2.50 bits per heavy atom. The van der Waals surface area contributed by atoms with Gasteiger partial charge >= 0.3 is 6.18 Å². The third-order valence-electron chi connectivity index (χ3n) is 2.76. The Morgan fingerprint density at radius 1 is 1.44 bits per heavy atom. The first kappa shape index (κ1) is 13.8. The fraction of sp³-hybridized carbons (Fsp3) is 0.556. The SMILES string of the molecule is O=S(=O)(NC1(C(F)(F)F)CC1)c1ccsc1CO. The lowest BCUT2D eigenvalue weighted by Crippen LogP contribution is -2.47. The number of hydrogen-bond donors (Lipinski definition) is 2. The van der Waals surface area contributed by atoms with Crippen LogP contribution in [0.2, 0.25) is 0 Å². The second-order valence-corrected chi connectivity index (χ2v) is 6.70. The van der Waals surface area contributed by atoms with E-state index in [2.05, 4.69) is 0 Å². The first-order chi connectivity index (χ1) is 8.22. The lowest BCUT2D eigenvalue weighted by molar-refractivity contribution is -0.160. The molecule has 0 bridgehead atoms. The molecule has 0 unspecified atom stereocenters. The number of nitrogens with one attached hydrogen (secondary N) is 1. The van der Waals surface area contributed by atoms with E-state index in [9.17, 15) is 21.6 Å². The average molecular weight is 301 g/mol. The molecule has 4 nitrogen and oxygen atoms in total. The maximum absolute atomic E-state index is 12.7. The number of halogens is 3. The van der Waals surface area contributed by atoms with E-state index in [0.29, 0.717) is 0 Å². The van der Waals surface area contributed by atoms with Gasteiger partial charge < -0.3 is 5.11 Å². The smallest absolute Gasteiger partial charge is 0.391 e. The maximum Gasteiger partial charge on any atom is 0.407 e. The van der Waals surface area contributed by atoms with Gasteiger partial charge in [0.1, 0.15) is 5.54 Å². The van der Waals surface area contributed by atoms with Gasteiger partial charge in [-0.3, -0.25) is 0 Å². The second-order valence-electron chi connectivity index (χ2n) is 4.05. The van der Waals surface area contributed by atoms with Crippen LogP contribution in [0.15, 0.2) is 16.3 Å². The Bertz CT molecular complexity index is 546. The molecular formula is C9H10F3NO3S2. The lowest BCUT2D eigenvalue weighted by Gasteiger charge is -2.20. The van der Waals surface area contributed by atoms with E-state index in [1.807, 2.05) is 0 Å². The number of hydrogen-bond acceptors (Lipinski definition) is 4. The third kappa shape index (κ3) is 2.27. The quantitative estimate of drug-likeness (QED) is 0.888. The fourth-order valence-corrected chi connectivity index (χ4v) is 4.31. The van der Waals surface area contributed by atoms with Gasteiger partial charge in [-0.05, 0) is 24.3 Å². The van der Waals surface area contributed by atoms with E-state index in [-0.39, 0.29) is 22.6 Å². The largest absolute Gasteiger partial charge is 0.407 e. The summed E-state index contributed by atoms with van der Waals surface area (Å²) >= 11 is 0.980. The molecule has 2 N–H and O–H groups in total. The van der Waals surface area contributed by atoms with Crippen LogP contribution in [-0.4, -0.2) is 25.2 Å². The van der Waals surface area contributed by atoms with Crippen LogP contribution >= 0.6 is 11.3 Å². The minimum absolute atomic E-state index is 0.125. The van der Waals surface area contributed by atoms with Crippen LogP contribution in [0.1, 0.15) is 17.7 Å². The highest BCUT2D eigenvalue weighted by Gasteiger charge is 2.65. The summed E-state index contributed by atoms with van der Waals surface area (Å²) in [6, 6.07) is 1.19. The predicted octanol–water partition coefficient (Wildman–Crippen LogP) is 1.61. The highest BCUT2D eigenvalue weighted by atomic mass is 32.2. The van der Waals surface area contributed by atoms with Crippen molar-refractivity contribution in [3.8, 4) is 0 Å². The van der Waals surface area contributed by atoms with Crippen LogP contribution in [0, 0.1) is 0 Å². The van der Waals surface area contributed by atoms with Gasteiger partial charge in [0.15, 0.2) is 0 Å². The van der Waals surface area contributed by atoms with Gasteiger partial charge in [-0.2, -0.15) is 17.9 Å². The molecule has 0 radical (unpaired) electrons. The van der Waals surface area contributed by atoms with E-state index in [1.54, 1.807) is 4.72 Å². The molecule has 2 rings (SSSR count). The molecule has 1 aromatic rings. The van der Waals surface area contributed by atoms with Crippen LogP contribution in [0.3, 0.4) is 0 Å². The minimum atomic E-state index is -4.60. The number of sulfonamides is 1. The van der Waals surface area contributed by atoms with Crippen molar-refractivity contribution in [2.75, 3.05) is 0 Å². The Morgan fingerprint density at radius 2 is 2.06 bits per heavy atom. The van der Waals surface area contributed by atoms with Crippen molar-refractivity contribution in [3.05, 3.63) is 16.3 Å². The summed E-state index contributed by atoms with van der Waals surface area (Å²) in [6.45, 7) is -0.521. The van der Waals surface area contributed by atoms with Crippen LogP contribution < -0.4 is 4.72 Å². The number of aliphatic hydroxyl groups excluding tert-OH is 1. The average Bonchev–Trinajstić information content (AvgIpc) is 2.86. The van der Waals surface area contributed by atoms with Crippen molar-refractivity contribution in [1.82, 2.24) is 4.72 Å². The fourth-order valence-electron chi connectivity index (χ4n) is 1.56. The van der Waals surface area contributed by atoms with Crippen molar-refractivity contribution >= 4 is 21.4 Å². The predicted molar refractivity (Wildman–Crippen MR) is 58.6 cm³/mol. The van der Waals surface area contributed by atoms with E-state index in [4.69, 9.17) is 5.11 Å². The van der Waals surface area contributed by atoms with E-state index < -0.39 is 28.3 Å². The Balaban J connectivity index is 2.29. The molecule has 1 aromatic heterocycles. The number of alkyl halides is 3. The summed E-state index contributed by atoms with van der Waals surface area (Å²) < 4.78 is 63.5. The maximum atomic E-state index is 12.7. The van der Waals surface area contributed by atoms with Gasteiger partial charge in [0.05, 0.1) is 11.5 Å². The molecule has 0 atom stereocenters. The van der Waals surface area contributed by atoms with Gasteiger partial charge in [-0.1, -0.05) is 0 Å². The van der Waals surface area contributed by atoms with Gasteiger partial charge in [0.25, 0.3) is 0 Å². The molecule has 0 aliphatic heterocycles. The molecule has 0 spiro atoms. The van der Waals surface area contributed by atoms with E-state index >= 15 is 0 Å². The molecule has 1 fully saturated rings. The van der Waals surface area contributed by atoms with Crippen LogP contribution in [0.4, 0.5) is 13.2 Å². The zero-order valence-electron chi connectivity index (χ0n) is 8.99. The summed E-state index contributed by atoms with van der Waals surface area (Å²) in [5.74, 6) is 0. The molecule has 9 heteroatoms. The summed E-state index contributed by atoms with van der Waals surface area (Å²) in [5, 5.41) is 10.4. The molecule has 102 valence electrons. The highest BCUT2D eigenvalue weighted by molar-refractivity contribution is 7.89. The molecule has 0 aromatic carbocycles. The van der Waals surface area contributed by atoms with Crippen molar-refractivity contribution in [2.45, 2.75) is 36.1 Å². The van der Waals surface area contributed by atoms with Gasteiger partial charge in [0, 0.05) is 4.88 Å². The topological polar surface area (TPSA) is 66.4 Å². The Labute approximate surface area is 105 Å². The molecule has 1 aliphatic carbocycles. The monoisotopic (exact) mass is 301 g/mol. The zero-order valence-corrected chi connectivity index (χ0v) is 10.6. The zero-order chi connectivity index (χ0) is 13.6. The van der Waals surface area contributed by atoms with Gasteiger partial charge in [-0.15, -0.1) is 11.3 Å². The molecule has 0 saturated heterocycles. The molecule has 1 saturated carbocycles. The van der Waals surface area contributed by atoms with Crippen molar-refractivity contribution < 1.29 is 26.7 Å². The van der Waals surface area contributed by atoms with Gasteiger partial charge in [-0.25, -0.2) is 8.42 Å². The van der Waals surface area contributed by atoms with E-state index in [0.717, 1.165) is 11.3 Å². The molecule has 18 heavy (non-hydrogen) atoms.